The standard InChI is InChI=1S/C17H26N4O/c1-5-20(4)17-9-7-6-8-16(17)18-12-15-13(2)19-21(10-11-22)14(15)3/h6-9,18,22H,5,10-12H2,1-4H3. The molecule has 0 aliphatic rings. The molecule has 120 valence electrons. The van der Waals surface area contributed by atoms with Crippen LogP contribution in [0.2, 0.25) is 0 Å². The van der Waals surface area contributed by atoms with E-state index in [-0.39, 0.29) is 6.61 Å². The molecule has 2 N–H and O–H groups in total. The fraction of sp³-hybridized carbons (Fsp3) is 0.471. The summed E-state index contributed by atoms with van der Waals surface area (Å²) in [5, 5.41) is 17.1. The van der Waals surface area contributed by atoms with E-state index >= 15 is 0 Å². The highest BCUT2D eigenvalue weighted by molar-refractivity contribution is 5.69. The zero-order valence-electron chi connectivity index (χ0n) is 13.9. The number of aromatic nitrogens is 2. The van der Waals surface area contributed by atoms with Crippen molar-refractivity contribution in [3.8, 4) is 0 Å². The lowest BCUT2D eigenvalue weighted by molar-refractivity contribution is 0.268. The van der Waals surface area contributed by atoms with Crippen LogP contribution < -0.4 is 10.2 Å². The predicted molar refractivity (Wildman–Crippen MR) is 91.5 cm³/mol. The van der Waals surface area contributed by atoms with Crippen molar-refractivity contribution in [2.45, 2.75) is 33.9 Å². The van der Waals surface area contributed by atoms with Crippen molar-refractivity contribution in [1.29, 1.82) is 0 Å². The molecule has 0 bridgehead atoms. The summed E-state index contributed by atoms with van der Waals surface area (Å²) in [6, 6.07) is 8.33. The third kappa shape index (κ3) is 3.42. The molecule has 0 radical (unpaired) electrons. The van der Waals surface area contributed by atoms with E-state index in [9.17, 15) is 0 Å². The van der Waals surface area contributed by atoms with Gasteiger partial charge in [-0.05, 0) is 32.9 Å². The van der Waals surface area contributed by atoms with E-state index in [1.807, 2.05) is 17.7 Å². The fourth-order valence-electron chi connectivity index (χ4n) is 2.61. The summed E-state index contributed by atoms with van der Waals surface area (Å²) in [6.45, 7) is 8.56. The molecule has 0 saturated carbocycles. The molecule has 5 nitrogen and oxygen atoms in total. The van der Waals surface area contributed by atoms with Crippen LogP contribution in [0.5, 0.6) is 0 Å². The second-order valence-corrected chi connectivity index (χ2v) is 5.48. The molecule has 2 rings (SSSR count). The van der Waals surface area contributed by atoms with Gasteiger partial charge in [0.05, 0.1) is 30.2 Å². The van der Waals surface area contributed by atoms with Gasteiger partial charge in [0.15, 0.2) is 0 Å². The monoisotopic (exact) mass is 302 g/mol. The Kier molecular flexibility index (Phi) is 5.44. The van der Waals surface area contributed by atoms with Gasteiger partial charge < -0.3 is 15.3 Å². The largest absolute Gasteiger partial charge is 0.394 e. The van der Waals surface area contributed by atoms with Crippen LogP contribution in [0.15, 0.2) is 24.3 Å². The van der Waals surface area contributed by atoms with Gasteiger partial charge in [-0.1, -0.05) is 12.1 Å². The molecule has 1 heterocycles. The van der Waals surface area contributed by atoms with Crippen LogP contribution in [-0.4, -0.2) is 35.1 Å². The second kappa shape index (κ2) is 7.31. The van der Waals surface area contributed by atoms with E-state index < -0.39 is 0 Å². The molecule has 0 unspecified atom stereocenters. The van der Waals surface area contributed by atoms with Gasteiger partial charge in [0.25, 0.3) is 0 Å². The first kappa shape index (κ1) is 16.4. The van der Waals surface area contributed by atoms with Gasteiger partial charge in [-0.15, -0.1) is 0 Å². The maximum atomic E-state index is 9.09. The van der Waals surface area contributed by atoms with Gasteiger partial charge in [0.1, 0.15) is 0 Å². The van der Waals surface area contributed by atoms with E-state index in [0.717, 1.165) is 30.2 Å². The molecule has 0 atom stereocenters. The Morgan fingerprint density at radius 3 is 2.68 bits per heavy atom. The minimum atomic E-state index is 0.110. The number of hydrogen-bond donors (Lipinski definition) is 2. The highest BCUT2D eigenvalue weighted by Crippen LogP contribution is 2.25. The topological polar surface area (TPSA) is 53.3 Å². The van der Waals surface area contributed by atoms with Gasteiger partial charge in [-0.3, -0.25) is 4.68 Å². The molecule has 0 amide bonds. The van der Waals surface area contributed by atoms with Gasteiger partial charge >= 0.3 is 0 Å². The lowest BCUT2D eigenvalue weighted by Gasteiger charge is -2.21. The number of benzene rings is 1. The van der Waals surface area contributed by atoms with E-state index in [2.05, 4.69) is 54.4 Å². The summed E-state index contributed by atoms with van der Waals surface area (Å²) in [6.07, 6.45) is 0. The molecule has 2 aromatic rings. The molecule has 1 aromatic heterocycles. The lowest BCUT2D eigenvalue weighted by atomic mass is 10.2. The average molecular weight is 302 g/mol. The molecule has 0 aliphatic heterocycles. The number of aliphatic hydroxyl groups excluding tert-OH is 1. The minimum absolute atomic E-state index is 0.110. The number of aryl methyl sites for hydroxylation is 1. The van der Waals surface area contributed by atoms with Crippen molar-refractivity contribution in [2.24, 2.45) is 0 Å². The molecule has 0 saturated heterocycles. The summed E-state index contributed by atoms with van der Waals surface area (Å²) >= 11 is 0. The van der Waals surface area contributed by atoms with Crippen LogP contribution in [-0.2, 0) is 13.1 Å². The highest BCUT2D eigenvalue weighted by atomic mass is 16.3. The first-order chi connectivity index (χ1) is 10.6. The number of nitrogens with one attached hydrogen (secondary N) is 1. The number of nitrogens with zero attached hydrogens (tertiary/aromatic N) is 3. The second-order valence-electron chi connectivity index (χ2n) is 5.48. The van der Waals surface area contributed by atoms with Gasteiger partial charge in [0.2, 0.25) is 0 Å². The van der Waals surface area contributed by atoms with Crippen LogP contribution in [0.3, 0.4) is 0 Å². The number of para-hydroxylation sites is 2. The van der Waals surface area contributed by atoms with Crippen LogP contribution in [0.25, 0.3) is 0 Å². The molecule has 1 aromatic carbocycles. The third-order valence-electron chi connectivity index (χ3n) is 4.09. The molecule has 0 aliphatic carbocycles. The van der Waals surface area contributed by atoms with Gasteiger partial charge in [-0.25, -0.2) is 0 Å². The van der Waals surface area contributed by atoms with Crippen LogP contribution in [0, 0.1) is 13.8 Å². The van der Waals surface area contributed by atoms with Crippen molar-refractivity contribution in [3.63, 3.8) is 0 Å². The minimum Gasteiger partial charge on any atom is -0.394 e. The molecule has 5 heteroatoms. The van der Waals surface area contributed by atoms with Crippen LogP contribution in [0.4, 0.5) is 11.4 Å². The Hall–Kier alpha value is -2.01. The van der Waals surface area contributed by atoms with Crippen molar-refractivity contribution < 1.29 is 5.11 Å². The van der Waals surface area contributed by atoms with Gasteiger partial charge in [-0.2, -0.15) is 5.10 Å². The first-order valence-electron chi connectivity index (χ1n) is 7.76. The molecular formula is C17H26N4O. The number of hydrogen-bond acceptors (Lipinski definition) is 4. The zero-order valence-corrected chi connectivity index (χ0v) is 13.9. The van der Waals surface area contributed by atoms with Gasteiger partial charge in [0, 0.05) is 31.4 Å². The molecular weight excluding hydrogens is 276 g/mol. The average Bonchev–Trinajstić information content (AvgIpc) is 2.79. The maximum Gasteiger partial charge on any atom is 0.0646 e. The summed E-state index contributed by atoms with van der Waals surface area (Å²) < 4.78 is 1.87. The summed E-state index contributed by atoms with van der Waals surface area (Å²) in [5.41, 5.74) is 5.64. The number of rotatable bonds is 7. The quantitative estimate of drug-likeness (QED) is 0.825. The Bertz CT molecular complexity index is 621. The SMILES string of the molecule is CCN(C)c1ccccc1NCc1c(C)nn(CCO)c1C. The molecule has 0 spiro atoms. The van der Waals surface area contributed by atoms with Crippen LogP contribution in [0.1, 0.15) is 23.9 Å². The van der Waals surface area contributed by atoms with Crippen molar-refractivity contribution >= 4 is 11.4 Å². The first-order valence-corrected chi connectivity index (χ1v) is 7.76. The lowest BCUT2D eigenvalue weighted by Crippen LogP contribution is -2.17. The molecule has 0 fully saturated rings. The van der Waals surface area contributed by atoms with E-state index in [1.165, 1.54) is 11.3 Å². The van der Waals surface area contributed by atoms with Crippen molar-refractivity contribution in [1.82, 2.24) is 9.78 Å². The normalized spacial score (nSPS) is 10.8. The number of aliphatic hydroxyl groups is 1. The predicted octanol–water partition coefficient (Wildman–Crippen LogP) is 2.56. The third-order valence-corrected chi connectivity index (χ3v) is 4.09. The van der Waals surface area contributed by atoms with E-state index in [1.54, 1.807) is 0 Å². The summed E-state index contributed by atoms with van der Waals surface area (Å²) in [5.74, 6) is 0. The Labute approximate surface area is 132 Å². The Morgan fingerprint density at radius 2 is 2.00 bits per heavy atom. The number of anilines is 2. The summed E-state index contributed by atoms with van der Waals surface area (Å²) in [4.78, 5) is 2.22. The highest BCUT2D eigenvalue weighted by Gasteiger charge is 2.12. The van der Waals surface area contributed by atoms with E-state index in [4.69, 9.17) is 5.11 Å². The van der Waals surface area contributed by atoms with Crippen molar-refractivity contribution in [3.05, 3.63) is 41.2 Å². The zero-order chi connectivity index (χ0) is 16.1. The summed E-state index contributed by atoms with van der Waals surface area (Å²) in [7, 11) is 2.09. The van der Waals surface area contributed by atoms with Crippen LogP contribution >= 0.6 is 0 Å². The fourth-order valence-corrected chi connectivity index (χ4v) is 2.61. The maximum absolute atomic E-state index is 9.09. The van der Waals surface area contributed by atoms with E-state index in [0.29, 0.717) is 6.54 Å². The smallest absolute Gasteiger partial charge is 0.0646 e. The molecule has 22 heavy (non-hydrogen) atoms. The van der Waals surface area contributed by atoms with Crippen molar-refractivity contribution in [2.75, 3.05) is 30.4 Å². The Balaban J connectivity index is 2.17. The Morgan fingerprint density at radius 1 is 1.27 bits per heavy atom.